The van der Waals surface area contributed by atoms with Gasteiger partial charge in [-0.15, -0.1) is 0 Å². The van der Waals surface area contributed by atoms with Crippen LogP contribution in [0.4, 0.5) is 0 Å². The van der Waals surface area contributed by atoms with E-state index in [1.54, 1.807) is 0 Å². The Hall–Kier alpha value is -0.250. The summed E-state index contributed by atoms with van der Waals surface area (Å²) in [4.78, 5) is 0. The van der Waals surface area contributed by atoms with E-state index in [0.717, 1.165) is 5.02 Å². The van der Waals surface area contributed by atoms with Crippen LogP contribution in [0.25, 0.3) is 0 Å². The van der Waals surface area contributed by atoms with Crippen LogP contribution in [0.2, 0.25) is 5.02 Å². The fourth-order valence-electron chi connectivity index (χ4n) is 1.10. The maximum absolute atomic E-state index is 5.83. The van der Waals surface area contributed by atoms with Gasteiger partial charge in [-0.25, -0.2) is 0 Å². The van der Waals surface area contributed by atoms with E-state index in [1.165, 1.54) is 7.14 Å². The third-order valence-electron chi connectivity index (χ3n) is 1.75. The fourth-order valence-corrected chi connectivity index (χ4v) is 3.44. The first kappa shape index (κ1) is 12.8. The first-order valence-electron chi connectivity index (χ1n) is 4.30. The highest BCUT2D eigenvalue weighted by Gasteiger charge is 2.13. The molecule has 0 saturated carbocycles. The van der Waals surface area contributed by atoms with Crippen molar-refractivity contribution in [1.29, 1.82) is 0 Å². The minimum absolute atomic E-state index is 0. The number of halogens is 3. The van der Waals surface area contributed by atoms with Gasteiger partial charge in [0, 0.05) is 5.02 Å². The van der Waals surface area contributed by atoms with Crippen molar-refractivity contribution in [2.45, 2.75) is 0 Å². The third kappa shape index (κ3) is 4.01. The SMILES string of the molecule is Clc1ccc([I+]c2ccccc2)cc1.[Cl-]. The Morgan fingerprint density at radius 2 is 1.27 bits per heavy atom. The minimum atomic E-state index is -0.0427. The molecule has 2 aromatic rings. The predicted molar refractivity (Wildman–Crippen MR) is 55.3 cm³/mol. The topological polar surface area (TPSA) is 0 Å². The standard InChI is InChI=1S/C12H9ClI.ClH/c13-10-6-8-12(9-7-10)14-11-4-2-1-3-5-11;/h1-9H;1H/q+1;/p-1. The van der Waals surface area contributed by atoms with E-state index in [-0.39, 0.29) is 33.6 Å². The maximum atomic E-state index is 5.83. The first-order valence-corrected chi connectivity index (χ1v) is 6.83. The van der Waals surface area contributed by atoms with Crippen molar-refractivity contribution in [2.24, 2.45) is 0 Å². The van der Waals surface area contributed by atoms with Crippen LogP contribution in [0.15, 0.2) is 54.6 Å². The zero-order valence-corrected chi connectivity index (χ0v) is 11.5. The van der Waals surface area contributed by atoms with E-state index in [4.69, 9.17) is 11.6 Å². The summed E-state index contributed by atoms with van der Waals surface area (Å²) in [5.74, 6) is 0. The zero-order chi connectivity index (χ0) is 9.80. The van der Waals surface area contributed by atoms with Gasteiger partial charge in [0.15, 0.2) is 7.14 Å². The molecule has 0 nitrogen and oxygen atoms in total. The van der Waals surface area contributed by atoms with Gasteiger partial charge < -0.3 is 12.4 Å². The van der Waals surface area contributed by atoms with Gasteiger partial charge in [-0.2, -0.15) is 0 Å². The molecule has 78 valence electrons. The van der Waals surface area contributed by atoms with E-state index in [9.17, 15) is 0 Å². The Morgan fingerprint density at radius 1 is 0.733 bits per heavy atom. The molecule has 0 radical (unpaired) electrons. The second kappa shape index (κ2) is 6.36. The molecule has 0 unspecified atom stereocenters. The van der Waals surface area contributed by atoms with Crippen LogP contribution in [0.5, 0.6) is 0 Å². The van der Waals surface area contributed by atoms with Crippen LogP contribution in [-0.2, 0) is 0 Å². The molecule has 3 heteroatoms. The summed E-state index contributed by atoms with van der Waals surface area (Å²) in [6.45, 7) is 0. The van der Waals surface area contributed by atoms with E-state index in [2.05, 4.69) is 42.5 Å². The normalized spacial score (nSPS) is 9.40. The lowest BCUT2D eigenvalue weighted by atomic mass is 10.4. The fraction of sp³-hybridized carbons (Fsp3) is 0. The zero-order valence-electron chi connectivity index (χ0n) is 7.83. The van der Waals surface area contributed by atoms with E-state index in [0.29, 0.717) is 0 Å². The van der Waals surface area contributed by atoms with Gasteiger partial charge in [0.2, 0.25) is 0 Å². The number of hydrogen-bond acceptors (Lipinski definition) is 0. The molecule has 0 saturated heterocycles. The Labute approximate surface area is 111 Å². The van der Waals surface area contributed by atoms with E-state index in [1.807, 2.05) is 12.1 Å². The number of rotatable bonds is 2. The largest absolute Gasteiger partial charge is 1.00 e. The Bertz CT molecular complexity index is 398. The molecule has 2 rings (SSSR count). The summed E-state index contributed by atoms with van der Waals surface area (Å²) in [6, 6.07) is 18.7. The van der Waals surface area contributed by atoms with Gasteiger partial charge in [-0.3, -0.25) is 0 Å². The van der Waals surface area contributed by atoms with Gasteiger partial charge in [-0.05, 0) is 36.4 Å². The lowest BCUT2D eigenvalue weighted by Gasteiger charge is -1.87. The van der Waals surface area contributed by atoms with Crippen molar-refractivity contribution >= 4 is 11.6 Å². The van der Waals surface area contributed by atoms with Gasteiger partial charge in [0.05, 0.1) is 0 Å². The van der Waals surface area contributed by atoms with Gasteiger partial charge in [0.25, 0.3) is 0 Å². The lowest BCUT2D eigenvalue weighted by molar-refractivity contribution is -0.597. The summed E-state index contributed by atoms with van der Waals surface area (Å²) >= 11 is 5.78. The molecule has 0 spiro atoms. The molecule has 0 aromatic heterocycles. The van der Waals surface area contributed by atoms with Crippen LogP contribution in [0.1, 0.15) is 0 Å². The molecule has 0 fully saturated rings. The maximum Gasteiger partial charge on any atom is 0.357 e. The van der Waals surface area contributed by atoms with Crippen molar-refractivity contribution in [3.05, 3.63) is 66.8 Å². The predicted octanol–water partition coefficient (Wildman–Crippen LogP) is -2.53. The second-order valence-corrected chi connectivity index (χ2v) is 6.29. The van der Waals surface area contributed by atoms with Crippen molar-refractivity contribution in [3.8, 4) is 0 Å². The molecule has 15 heavy (non-hydrogen) atoms. The van der Waals surface area contributed by atoms with Crippen LogP contribution < -0.4 is 33.6 Å². The monoisotopic (exact) mass is 350 g/mol. The average Bonchev–Trinajstić information content (AvgIpc) is 2.23. The molecule has 0 heterocycles. The summed E-state index contributed by atoms with van der Waals surface area (Å²) in [6.07, 6.45) is 0. The summed E-state index contributed by atoms with van der Waals surface area (Å²) in [5.41, 5.74) is 0. The lowest BCUT2D eigenvalue weighted by Crippen LogP contribution is -3.61. The molecule has 0 aliphatic rings. The Balaban J connectivity index is 0.00000112. The van der Waals surface area contributed by atoms with Crippen molar-refractivity contribution in [1.82, 2.24) is 0 Å². The highest BCUT2D eigenvalue weighted by atomic mass is 127. The van der Waals surface area contributed by atoms with Crippen LogP contribution >= 0.6 is 11.6 Å². The van der Waals surface area contributed by atoms with Gasteiger partial charge in [-0.1, -0.05) is 29.8 Å². The van der Waals surface area contributed by atoms with Gasteiger partial charge >= 0.3 is 21.2 Å². The van der Waals surface area contributed by atoms with Crippen LogP contribution in [-0.4, -0.2) is 0 Å². The molecule has 0 N–H and O–H groups in total. The van der Waals surface area contributed by atoms with Crippen LogP contribution in [0, 0.1) is 7.14 Å². The quantitative estimate of drug-likeness (QED) is 0.524. The Morgan fingerprint density at radius 3 is 1.87 bits per heavy atom. The van der Waals surface area contributed by atoms with Gasteiger partial charge in [0.1, 0.15) is 0 Å². The van der Waals surface area contributed by atoms with Crippen molar-refractivity contribution in [3.63, 3.8) is 0 Å². The number of benzene rings is 2. The molecule has 2 aromatic carbocycles. The molecule has 0 bridgehead atoms. The van der Waals surface area contributed by atoms with Crippen LogP contribution in [0.3, 0.4) is 0 Å². The highest BCUT2D eigenvalue weighted by molar-refractivity contribution is 6.30. The summed E-state index contributed by atoms with van der Waals surface area (Å²) in [7, 11) is 0. The number of hydrogen-bond donors (Lipinski definition) is 0. The second-order valence-electron chi connectivity index (χ2n) is 2.83. The van der Waals surface area contributed by atoms with Crippen molar-refractivity contribution in [2.75, 3.05) is 0 Å². The molecule has 0 amide bonds. The minimum Gasteiger partial charge on any atom is -1.00 e. The smallest absolute Gasteiger partial charge is 0.357 e. The average molecular weight is 351 g/mol. The summed E-state index contributed by atoms with van der Waals surface area (Å²) < 4.78 is 2.84. The Kier molecular flexibility index (Phi) is 5.43. The first-order chi connectivity index (χ1) is 6.84. The molecule has 0 aliphatic carbocycles. The van der Waals surface area contributed by atoms with E-state index < -0.39 is 0 Å². The van der Waals surface area contributed by atoms with E-state index >= 15 is 0 Å². The third-order valence-corrected chi connectivity index (χ3v) is 4.69. The molecule has 0 atom stereocenters. The molecular formula is C12H9Cl2I. The van der Waals surface area contributed by atoms with Crippen molar-refractivity contribution < 1.29 is 33.6 Å². The molecule has 0 aliphatic heterocycles. The molecular weight excluding hydrogens is 342 g/mol. The summed E-state index contributed by atoms with van der Waals surface area (Å²) in [5, 5.41) is 0.811. The highest BCUT2D eigenvalue weighted by Crippen LogP contribution is 2.04.